The van der Waals surface area contributed by atoms with Crippen LogP contribution in [-0.4, -0.2) is 32.1 Å². The Balaban J connectivity index is 0.00000261. The van der Waals surface area contributed by atoms with Crippen molar-refractivity contribution in [2.45, 2.75) is 19.3 Å². The van der Waals surface area contributed by atoms with Gasteiger partial charge in [-0.25, -0.2) is 4.39 Å². The molecule has 1 amide bonds. The van der Waals surface area contributed by atoms with Crippen LogP contribution < -0.4 is 16.0 Å². The molecule has 1 aliphatic heterocycles. The highest BCUT2D eigenvalue weighted by Crippen LogP contribution is 2.30. The summed E-state index contributed by atoms with van der Waals surface area (Å²) in [5.41, 5.74) is 3.67. The minimum Gasteiger partial charge on any atom is -0.384 e. The maximum Gasteiger partial charge on any atom is 0.254 e. The molecule has 1 heterocycles. The van der Waals surface area contributed by atoms with Gasteiger partial charge < -0.3 is 16.0 Å². The Morgan fingerprint density at radius 3 is 2.70 bits per heavy atom. The molecule has 0 spiro atoms. The van der Waals surface area contributed by atoms with E-state index in [0.29, 0.717) is 13.1 Å². The average Bonchev–Trinajstić information content (AvgIpc) is 2.89. The number of hydrogen-bond donors (Lipinski definition) is 3. The Hall–Kier alpha value is -1.82. The number of fused-ring (bicyclic) bond motifs is 1. The fourth-order valence-electron chi connectivity index (χ4n) is 3.18. The van der Waals surface area contributed by atoms with E-state index in [2.05, 4.69) is 22.0 Å². The molecule has 0 aliphatic carbocycles. The van der Waals surface area contributed by atoms with Crippen molar-refractivity contribution >= 4 is 35.6 Å². The van der Waals surface area contributed by atoms with E-state index in [1.165, 1.54) is 23.3 Å². The van der Waals surface area contributed by atoms with Crippen LogP contribution >= 0.6 is 24.0 Å². The van der Waals surface area contributed by atoms with Crippen molar-refractivity contribution in [3.63, 3.8) is 0 Å². The highest BCUT2D eigenvalue weighted by Gasteiger charge is 2.14. The van der Waals surface area contributed by atoms with Crippen LogP contribution in [-0.2, 0) is 12.8 Å². The lowest BCUT2D eigenvalue weighted by atomic mass is 10.0. The first-order chi connectivity index (χ1) is 12.7. The number of benzene rings is 2. The third kappa shape index (κ3) is 5.58. The summed E-state index contributed by atoms with van der Waals surface area (Å²) in [6, 6.07) is 10.0. The fraction of sp³-hybridized carbons (Fsp3) is 0.350. The van der Waals surface area contributed by atoms with Gasteiger partial charge in [-0.15, -0.1) is 12.4 Å². The van der Waals surface area contributed by atoms with E-state index >= 15 is 0 Å². The van der Waals surface area contributed by atoms with Crippen LogP contribution in [0, 0.1) is 5.82 Å². The molecule has 0 unspecified atom stereocenters. The van der Waals surface area contributed by atoms with E-state index < -0.39 is 5.82 Å². The standard InChI is InChI=1S/C20H23ClFN3O.ClH/c21-17-7-6-14-8-12-23-13-9-15(14)19(17)24-10-3-11-25-20(26)16-4-1-2-5-18(16)22;/h1-2,4-7,23-24H,3,8-13H2,(H,25,26);1H. The number of anilines is 1. The summed E-state index contributed by atoms with van der Waals surface area (Å²) in [5.74, 6) is -0.892. The molecular formula is C20H24Cl2FN3O. The van der Waals surface area contributed by atoms with E-state index in [1.54, 1.807) is 12.1 Å². The van der Waals surface area contributed by atoms with Crippen molar-refractivity contribution in [2.24, 2.45) is 0 Å². The van der Waals surface area contributed by atoms with Gasteiger partial charge in [0.1, 0.15) is 5.82 Å². The third-order valence-corrected chi connectivity index (χ3v) is 4.86. The molecule has 0 bridgehead atoms. The van der Waals surface area contributed by atoms with Gasteiger partial charge in [0.05, 0.1) is 16.3 Å². The predicted molar refractivity (Wildman–Crippen MR) is 111 cm³/mol. The van der Waals surface area contributed by atoms with Crippen molar-refractivity contribution in [3.8, 4) is 0 Å². The number of nitrogens with one attached hydrogen (secondary N) is 3. The average molecular weight is 412 g/mol. The number of carbonyl (C=O) groups excluding carboxylic acids is 1. The summed E-state index contributed by atoms with van der Waals surface area (Å²) in [5, 5.41) is 10.3. The minimum absolute atomic E-state index is 0. The van der Waals surface area contributed by atoms with Gasteiger partial charge >= 0.3 is 0 Å². The second kappa shape index (κ2) is 10.5. The molecule has 0 saturated heterocycles. The van der Waals surface area contributed by atoms with Crippen molar-refractivity contribution in [1.82, 2.24) is 10.6 Å². The quantitative estimate of drug-likeness (QED) is 0.633. The molecule has 0 saturated carbocycles. The van der Waals surface area contributed by atoms with Crippen LogP contribution in [0.25, 0.3) is 0 Å². The van der Waals surface area contributed by atoms with Gasteiger partial charge in [-0.1, -0.05) is 29.8 Å². The van der Waals surface area contributed by atoms with Gasteiger partial charge in [0, 0.05) is 13.1 Å². The van der Waals surface area contributed by atoms with E-state index in [9.17, 15) is 9.18 Å². The first-order valence-corrected chi connectivity index (χ1v) is 9.32. The molecule has 0 atom stereocenters. The summed E-state index contributed by atoms with van der Waals surface area (Å²) in [7, 11) is 0. The fourth-order valence-corrected chi connectivity index (χ4v) is 3.42. The normalized spacial score (nSPS) is 13.1. The molecule has 1 aliphatic rings. The summed E-state index contributed by atoms with van der Waals surface area (Å²) in [6.45, 7) is 3.08. The maximum absolute atomic E-state index is 13.6. The zero-order valence-corrected chi connectivity index (χ0v) is 16.6. The zero-order valence-electron chi connectivity index (χ0n) is 15.0. The SMILES string of the molecule is Cl.O=C(NCCCNc1c(Cl)ccc2c1CCNCC2)c1ccccc1F. The molecular weight excluding hydrogens is 388 g/mol. The van der Waals surface area contributed by atoms with Gasteiger partial charge in [0.15, 0.2) is 0 Å². The molecule has 2 aromatic carbocycles. The molecule has 2 aromatic rings. The molecule has 3 N–H and O–H groups in total. The molecule has 4 nitrogen and oxygen atoms in total. The Bertz CT molecular complexity index is 786. The Morgan fingerprint density at radius 2 is 1.89 bits per heavy atom. The highest BCUT2D eigenvalue weighted by atomic mass is 35.5. The molecule has 7 heteroatoms. The van der Waals surface area contributed by atoms with Crippen LogP contribution in [0.15, 0.2) is 36.4 Å². The van der Waals surface area contributed by atoms with Crippen molar-refractivity contribution < 1.29 is 9.18 Å². The predicted octanol–water partition coefficient (Wildman–Crippen LogP) is 3.82. The molecule has 0 fully saturated rings. The number of rotatable bonds is 6. The Kier molecular flexibility index (Phi) is 8.35. The number of carbonyl (C=O) groups is 1. The van der Waals surface area contributed by atoms with Crippen LogP contribution in [0.1, 0.15) is 27.9 Å². The van der Waals surface area contributed by atoms with Crippen LogP contribution in [0.5, 0.6) is 0 Å². The monoisotopic (exact) mass is 411 g/mol. The maximum atomic E-state index is 13.6. The summed E-state index contributed by atoms with van der Waals surface area (Å²) in [6.07, 6.45) is 2.67. The summed E-state index contributed by atoms with van der Waals surface area (Å²) < 4.78 is 13.6. The lowest BCUT2D eigenvalue weighted by Gasteiger charge is -2.16. The first kappa shape index (κ1) is 21.5. The van der Waals surface area contributed by atoms with Gasteiger partial charge in [-0.2, -0.15) is 0 Å². The Labute approximate surface area is 170 Å². The highest BCUT2D eigenvalue weighted by molar-refractivity contribution is 6.33. The molecule has 146 valence electrons. The topological polar surface area (TPSA) is 53.2 Å². The summed E-state index contributed by atoms with van der Waals surface area (Å²) in [4.78, 5) is 12.0. The summed E-state index contributed by atoms with van der Waals surface area (Å²) >= 11 is 6.38. The van der Waals surface area contributed by atoms with Gasteiger partial charge in [-0.05, 0) is 61.7 Å². The van der Waals surface area contributed by atoms with E-state index in [4.69, 9.17) is 11.6 Å². The molecule has 27 heavy (non-hydrogen) atoms. The lowest BCUT2D eigenvalue weighted by molar-refractivity contribution is 0.0949. The lowest BCUT2D eigenvalue weighted by Crippen LogP contribution is -2.26. The van der Waals surface area contributed by atoms with Crippen LogP contribution in [0.3, 0.4) is 0 Å². The molecule has 3 rings (SSSR count). The first-order valence-electron chi connectivity index (χ1n) is 8.94. The number of halogens is 3. The van der Waals surface area contributed by atoms with Crippen molar-refractivity contribution in [3.05, 3.63) is 63.9 Å². The second-order valence-electron chi connectivity index (χ2n) is 6.33. The second-order valence-corrected chi connectivity index (χ2v) is 6.73. The van der Waals surface area contributed by atoms with Crippen LogP contribution in [0.4, 0.5) is 10.1 Å². The number of amides is 1. The van der Waals surface area contributed by atoms with Crippen molar-refractivity contribution in [2.75, 3.05) is 31.5 Å². The van der Waals surface area contributed by atoms with Gasteiger partial charge in [0.25, 0.3) is 5.91 Å². The van der Waals surface area contributed by atoms with E-state index in [-0.39, 0.29) is 23.9 Å². The third-order valence-electron chi connectivity index (χ3n) is 4.54. The van der Waals surface area contributed by atoms with Crippen LogP contribution in [0.2, 0.25) is 5.02 Å². The Morgan fingerprint density at radius 1 is 1.11 bits per heavy atom. The largest absolute Gasteiger partial charge is 0.384 e. The van der Waals surface area contributed by atoms with Crippen molar-refractivity contribution in [1.29, 1.82) is 0 Å². The molecule has 0 radical (unpaired) electrons. The van der Waals surface area contributed by atoms with Gasteiger partial charge in [0.2, 0.25) is 0 Å². The zero-order chi connectivity index (χ0) is 18.4. The van der Waals surface area contributed by atoms with Gasteiger partial charge in [-0.3, -0.25) is 4.79 Å². The molecule has 0 aromatic heterocycles. The van der Waals surface area contributed by atoms with E-state index in [0.717, 1.165) is 43.1 Å². The number of hydrogen-bond acceptors (Lipinski definition) is 3. The minimum atomic E-state index is -0.504. The smallest absolute Gasteiger partial charge is 0.254 e. The van der Waals surface area contributed by atoms with E-state index in [1.807, 2.05) is 6.07 Å².